The van der Waals surface area contributed by atoms with Gasteiger partial charge in [-0.1, -0.05) is 0 Å². The van der Waals surface area contributed by atoms with E-state index in [1.807, 2.05) is 0 Å². The molecule has 0 aliphatic carbocycles. The number of benzene rings is 1. The van der Waals surface area contributed by atoms with E-state index in [1.54, 1.807) is 39.8 Å². The van der Waals surface area contributed by atoms with Crippen molar-refractivity contribution in [2.45, 2.75) is 64.4 Å². The second-order valence-corrected chi connectivity index (χ2v) is 9.35. The number of amides is 2. The van der Waals surface area contributed by atoms with E-state index in [1.165, 1.54) is 24.1 Å². The molecule has 11 nitrogen and oxygen atoms in total. The Morgan fingerprint density at radius 2 is 1.69 bits per heavy atom. The number of piperidine rings is 1. The first-order valence-electron chi connectivity index (χ1n) is 11.9. The average molecular weight is 509 g/mol. The number of likely N-dealkylation sites (N-methyl/N-ethyl adjacent to an activating group) is 1. The van der Waals surface area contributed by atoms with Crippen molar-refractivity contribution in [1.82, 2.24) is 10.2 Å². The highest BCUT2D eigenvalue weighted by Gasteiger charge is 2.48. The molecule has 1 fully saturated rings. The van der Waals surface area contributed by atoms with Gasteiger partial charge in [-0.2, -0.15) is 0 Å². The number of likely N-dealkylation sites (tertiary alicyclic amines) is 1. The van der Waals surface area contributed by atoms with Gasteiger partial charge in [0.25, 0.3) is 11.7 Å². The van der Waals surface area contributed by atoms with E-state index in [9.17, 15) is 24.3 Å². The predicted molar refractivity (Wildman–Crippen MR) is 129 cm³/mol. The van der Waals surface area contributed by atoms with Gasteiger partial charge in [-0.15, -0.1) is 0 Å². The van der Waals surface area contributed by atoms with Crippen LogP contribution in [0, 0.1) is 0 Å². The number of ketones is 1. The van der Waals surface area contributed by atoms with Crippen LogP contribution < -0.4 is 10.1 Å². The monoisotopic (exact) mass is 508 g/mol. The largest absolute Gasteiger partial charge is 0.482 e. The number of Topliss-reactive ketones (excluding diaryl/α,β-unsaturated/α-hetero) is 1. The van der Waals surface area contributed by atoms with E-state index in [2.05, 4.69) is 5.32 Å². The van der Waals surface area contributed by atoms with E-state index >= 15 is 0 Å². The van der Waals surface area contributed by atoms with Crippen LogP contribution in [0.4, 0.5) is 4.79 Å². The molecule has 1 atom stereocenters. The molecule has 2 rings (SSSR count). The normalized spacial score (nSPS) is 16.1. The summed E-state index contributed by atoms with van der Waals surface area (Å²) in [5.74, 6) is -3.05. The van der Waals surface area contributed by atoms with Crippen LogP contribution in [0.2, 0.25) is 0 Å². The summed E-state index contributed by atoms with van der Waals surface area (Å²) in [6.45, 7) is 7.45. The van der Waals surface area contributed by atoms with Crippen LogP contribution in [0.15, 0.2) is 24.3 Å². The zero-order valence-electron chi connectivity index (χ0n) is 21.5. The summed E-state index contributed by atoms with van der Waals surface area (Å²) in [4.78, 5) is 50.4. The molecule has 2 N–H and O–H groups in total. The lowest BCUT2D eigenvalue weighted by molar-refractivity contribution is -0.281. The Hall–Kier alpha value is -3.18. The third-order valence-electron chi connectivity index (χ3n) is 5.35. The third kappa shape index (κ3) is 8.49. The first-order valence-corrected chi connectivity index (χ1v) is 11.9. The summed E-state index contributed by atoms with van der Waals surface area (Å²) >= 11 is 0. The molecule has 0 bridgehead atoms. The van der Waals surface area contributed by atoms with Crippen LogP contribution in [-0.2, 0) is 23.8 Å². The van der Waals surface area contributed by atoms with E-state index in [0.29, 0.717) is 24.2 Å². The zero-order valence-corrected chi connectivity index (χ0v) is 21.5. The summed E-state index contributed by atoms with van der Waals surface area (Å²) in [7, 11) is 1.43. The molecule has 0 radical (unpaired) electrons. The van der Waals surface area contributed by atoms with Gasteiger partial charge in [-0.25, -0.2) is 9.59 Å². The molecule has 0 unspecified atom stereocenters. The van der Waals surface area contributed by atoms with Crippen LogP contribution in [0.1, 0.15) is 57.3 Å². The fourth-order valence-electron chi connectivity index (χ4n) is 3.80. The average Bonchev–Trinajstić information content (AvgIpc) is 2.81. The van der Waals surface area contributed by atoms with Crippen LogP contribution in [0.3, 0.4) is 0 Å². The summed E-state index contributed by atoms with van der Waals surface area (Å²) in [5.41, 5.74) is -0.534. The maximum absolute atomic E-state index is 13.3. The second kappa shape index (κ2) is 12.7. The van der Waals surface area contributed by atoms with Crippen LogP contribution in [-0.4, -0.2) is 84.6 Å². The Kier molecular flexibility index (Phi) is 10.2. The number of carboxylic acid groups (broad SMARTS) is 1. The molecular weight excluding hydrogens is 472 g/mol. The second-order valence-electron chi connectivity index (χ2n) is 9.35. The molecule has 0 spiro atoms. The molecule has 1 heterocycles. The number of rotatable bonds is 11. The Bertz CT molecular complexity index is 918. The molecule has 0 saturated carbocycles. The summed E-state index contributed by atoms with van der Waals surface area (Å²) in [6.07, 6.45) is -1.17. The van der Waals surface area contributed by atoms with Crippen molar-refractivity contribution in [3.05, 3.63) is 29.8 Å². The quantitative estimate of drug-likeness (QED) is 0.262. The lowest BCUT2D eigenvalue weighted by atomic mass is 9.99. The van der Waals surface area contributed by atoms with Gasteiger partial charge < -0.3 is 34.3 Å². The van der Waals surface area contributed by atoms with Crippen molar-refractivity contribution in [1.29, 1.82) is 0 Å². The standard InChI is InChI=1S/C25H36N2O9/c1-6-33-21(29)16-34-18-9-7-17(8-10-18)20(28)15-25(22(30)26-5,36-24(2,3)4)35-19-11-13-27(14-12-19)23(31)32/h7-10,19H,6,11-16H2,1-5H3,(H,26,30)(H,31,32)/t25-/m0/s1. The first kappa shape index (κ1) is 29.1. The Morgan fingerprint density at radius 3 is 2.19 bits per heavy atom. The van der Waals surface area contributed by atoms with Crippen LogP contribution in [0.25, 0.3) is 0 Å². The number of nitrogens with zero attached hydrogens (tertiary/aromatic N) is 1. The predicted octanol–water partition coefficient (Wildman–Crippen LogP) is 2.62. The zero-order chi connectivity index (χ0) is 26.9. The molecule has 36 heavy (non-hydrogen) atoms. The van der Waals surface area contributed by atoms with Crippen LogP contribution in [0.5, 0.6) is 5.75 Å². The molecule has 1 aliphatic heterocycles. The van der Waals surface area contributed by atoms with E-state index in [-0.39, 0.29) is 26.3 Å². The molecular formula is C25H36N2O9. The van der Waals surface area contributed by atoms with Crippen molar-refractivity contribution in [3.63, 3.8) is 0 Å². The van der Waals surface area contributed by atoms with E-state index < -0.39 is 47.7 Å². The van der Waals surface area contributed by atoms with Gasteiger partial charge in [0.1, 0.15) is 5.75 Å². The molecule has 11 heteroatoms. The van der Waals surface area contributed by atoms with E-state index in [4.69, 9.17) is 18.9 Å². The molecule has 1 aliphatic rings. The molecule has 1 aromatic rings. The lowest BCUT2D eigenvalue weighted by Crippen LogP contribution is -2.57. The van der Waals surface area contributed by atoms with E-state index in [0.717, 1.165) is 0 Å². The number of carbonyl (C=O) groups is 4. The first-order chi connectivity index (χ1) is 16.9. The van der Waals surface area contributed by atoms with Crippen molar-refractivity contribution in [2.75, 3.05) is 33.4 Å². The van der Waals surface area contributed by atoms with Crippen molar-refractivity contribution >= 4 is 23.8 Å². The topological polar surface area (TPSA) is 141 Å². The molecule has 1 saturated heterocycles. The Labute approximate surface area is 211 Å². The Morgan fingerprint density at radius 1 is 1.08 bits per heavy atom. The minimum absolute atomic E-state index is 0.250. The minimum Gasteiger partial charge on any atom is -0.482 e. The highest BCUT2D eigenvalue weighted by Crippen LogP contribution is 2.31. The summed E-state index contributed by atoms with van der Waals surface area (Å²) in [5, 5.41) is 11.7. The fourth-order valence-corrected chi connectivity index (χ4v) is 3.80. The summed E-state index contributed by atoms with van der Waals surface area (Å²) in [6, 6.07) is 6.14. The maximum atomic E-state index is 13.3. The molecule has 0 aromatic heterocycles. The van der Waals surface area contributed by atoms with Gasteiger partial charge >= 0.3 is 12.1 Å². The number of esters is 1. The van der Waals surface area contributed by atoms with Crippen LogP contribution >= 0.6 is 0 Å². The van der Waals surface area contributed by atoms with Gasteiger partial charge in [0, 0.05) is 25.7 Å². The number of hydrogen-bond donors (Lipinski definition) is 2. The molecule has 200 valence electrons. The van der Waals surface area contributed by atoms with Crippen molar-refractivity contribution < 1.29 is 43.2 Å². The Balaban J connectivity index is 2.21. The SMILES string of the molecule is CCOC(=O)COc1ccc(C(=O)C[C@](OC2CCN(C(=O)O)CC2)(OC(C)(C)C)C(=O)NC)cc1. The highest BCUT2D eigenvalue weighted by molar-refractivity contribution is 6.00. The van der Waals surface area contributed by atoms with Crippen molar-refractivity contribution in [2.24, 2.45) is 0 Å². The van der Waals surface area contributed by atoms with Gasteiger partial charge in [0.15, 0.2) is 12.4 Å². The number of nitrogens with one attached hydrogen (secondary N) is 1. The molecule has 2 amide bonds. The third-order valence-corrected chi connectivity index (χ3v) is 5.35. The fraction of sp³-hybridized carbons (Fsp3) is 0.600. The number of ether oxygens (including phenoxy) is 4. The number of hydrogen-bond acceptors (Lipinski definition) is 8. The lowest BCUT2D eigenvalue weighted by Gasteiger charge is -2.41. The molecule has 1 aromatic carbocycles. The van der Waals surface area contributed by atoms with Gasteiger partial charge in [-0.3, -0.25) is 9.59 Å². The van der Waals surface area contributed by atoms with Crippen molar-refractivity contribution in [3.8, 4) is 5.75 Å². The number of carbonyl (C=O) groups excluding carboxylic acids is 3. The maximum Gasteiger partial charge on any atom is 0.407 e. The van der Waals surface area contributed by atoms with Gasteiger partial charge in [-0.05, 0) is 64.8 Å². The van der Waals surface area contributed by atoms with Gasteiger partial charge in [0.2, 0.25) is 0 Å². The summed E-state index contributed by atoms with van der Waals surface area (Å²) < 4.78 is 22.5. The van der Waals surface area contributed by atoms with Gasteiger partial charge in [0.05, 0.1) is 24.7 Å². The smallest absolute Gasteiger partial charge is 0.407 e. The highest BCUT2D eigenvalue weighted by atomic mass is 16.7. The minimum atomic E-state index is -1.92.